The van der Waals surface area contributed by atoms with Crippen molar-refractivity contribution in [2.45, 2.75) is 38.8 Å². The smallest absolute Gasteiger partial charge is 0.330 e. The van der Waals surface area contributed by atoms with Gasteiger partial charge >= 0.3 is 5.97 Å². The lowest BCUT2D eigenvalue weighted by atomic mass is 10.0. The van der Waals surface area contributed by atoms with Gasteiger partial charge in [0.1, 0.15) is 0 Å². The highest BCUT2D eigenvalue weighted by molar-refractivity contribution is 5.87. The zero-order chi connectivity index (χ0) is 20.2. The van der Waals surface area contributed by atoms with Crippen LogP contribution >= 0.6 is 0 Å². The molecule has 1 saturated heterocycles. The number of aromatic amines is 1. The third-order valence-corrected chi connectivity index (χ3v) is 5.94. The van der Waals surface area contributed by atoms with E-state index in [9.17, 15) is 4.79 Å². The fourth-order valence-corrected chi connectivity index (χ4v) is 4.37. The van der Waals surface area contributed by atoms with Gasteiger partial charge in [-0.1, -0.05) is 42.5 Å². The number of aryl methyl sites for hydroxylation is 1. The zero-order valence-electron chi connectivity index (χ0n) is 17.2. The Morgan fingerprint density at radius 1 is 1.21 bits per heavy atom. The molecule has 2 heterocycles. The molecule has 150 valence electrons. The van der Waals surface area contributed by atoms with Crippen molar-refractivity contribution in [3.8, 4) is 0 Å². The Morgan fingerprint density at radius 2 is 2.00 bits per heavy atom. The number of methoxy groups -OCH3 is 1. The van der Waals surface area contributed by atoms with Gasteiger partial charge in [-0.25, -0.2) is 4.79 Å². The van der Waals surface area contributed by atoms with Crippen LogP contribution in [-0.4, -0.2) is 35.5 Å². The molecule has 29 heavy (non-hydrogen) atoms. The van der Waals surface area contributed by atoms with Crippen LogP contribution in [0.5, 0.6) is 0 Å². The van der Waals surface area contributed by atoms with Gasteiger partial charge < -0.3 is 9.72 Å². The Balaban J connectivity index is 1.44. The summed E-state index contributed by atoms with van der Waals surface area (Å²) < 4.78 is 4.64. The van der Waals surface area contributed by atoms with Crippen LogP contribution in [-0.2, 0) is 22.5 Å². The van der Waals surface area contributed by atoms with Crippen LogP contribution in [0.25, 0.3) is 17.0 Å². The molecule has 1 atom stereocenters. The van der Waals surface area contributed by atoms with Gasteiger partial charge in [0.05, 0.1) is 7.11 Å². The number of fused-ring (bicyclic) bond motifs is 1. The van der Waals surface area contributed by atoms with Crippen molar-refractivity contribution >= 4 is 22.9 Å². The van der Waals surface area contributed by atoms with Crippen molar-refractivity contribution in [2.75, 3.05) is 13.7 Å². The molecule has 0 saturated carbocycles. The van der Waals surface area contributed by atoms with Crippen LogP contribution < -0.4 is 0 Å². The Morgan fingerprint density at radius 3 is 2.79 bits per heavy atom. The quantitative estimate of drug-likeness (QED) is 0.484. The molecule has 2 aromatic carbocycles. The van der Waals surface area contributed by atoms with Crippen molar-refractivity contribution < 1.29 is 9.53 Å². The fourth-order valence-electron chi connectivity index (χ4n) is 4.37. The first-order valence-electron chi connectivity index (χ1n) is 10.3. The van der Waals surface area contributed by atoms with Gasteiger partial charge in [-0.2, -0.15) is 0 Å². The molecule has 0 aliphatic carbocycles. The van der Waals surface area contributed by atoms with E-state index in [4.69, 9.17) is 0 Å². The maximum atomic E-state index is 11.2. The zero-order valence-corrected chi connectivity index (χ0v) is 17.2. The number of para-hydroxylation sites is 1. The first-order chi connectivity index (χ1) is 14.1. The number of likely N-dealkylation sites (tertiary alicyclic amines) is 1. The number of ether oxygens (including phenoxy) is 1. The monoisotopic (exact) mass is 388 g/mol. The number of hydrogen-bond acceptors (Lipinski definition) is 3. The van der Waals surface area contributed by atoms with Crippen LogP contribution in [0.1, 0.15) is 35.2 Å². The third-order valence-electron chi connectivity index (χ3n) is 5.94. The molecule has 1 aromatic heterocycles. The lowest BCUT2D eigenvalue weighted by Gasteiger charge is -2.25. The van der Waals surface area contributed by atoms with Crippen LogP contribution in [0.3, 0.4) is 0 Å². The number of aromatic nitrogens is 1. The molecule has 1 fully saturated rings. The summed E-state index contributed by atoms with van der Waals surface area (Å²) in [4.78, 5) is 17.4. The summed E-state index contributed by atoms with van der Waals surface area (Å²) in [6, 6.07) is 17.6. The number of nitrogens with one attached hydrogen (secondary N) is 1. The summed E-state index contributed by atoms with van der Waals surface area (Å²) in [7, 11) is 1.39. The molecule has 0 spiro atoms. The second kappa shape index (κ2) is 8.66. The maximum absolute atomic E-state index is 11.2. The molecule has 1 N–H and O–H groups in total. The Bertz CT molecular complexity index is 1020. The van der Waals surface area contributed by atoms with E-state index in [1.807, 2.05) is 0 Å². The second-order valence-corrected chi connectivity index (χ2v) is 7.84. The summed E-state index contributed by atoms with van der Waals surface area (Å²) >= 11 is 0. The van der Waals surface area contributed by atoms with Gasteiger partial charge in [0.25, 0.3) is 0 Å². The highest BCUT2D eigenvalue weighted by Crippen LogP contribution is 2.29. The van der Waals surface area contributed by atoms with Crippen molar-refractivity contribution in [3.63, 3.8) is 0 Å². The molecule has 4 rings (SSSR count). The van der Waals surface area contributed by atoms with Crippen LogP contribution in [0, 0.1) is 6.92 Å². The molecule has 0 radical (unpaired) electrons. The molecule has 1 aliphatic heterocycles. The number of benzene rings is 2. The largest absolute Gasteiger partial charge is 0.466 e. The van der Waals surface area contributed by atoms with E-state index in [0.717, 1.165) is 25.1 Å². The van der Waals surface area contributed by atoms with Crippen LogP contribution in [0.2, 0.25) is 0 Å². The number of H-pyrrole nitrogens is 1. The van der Waals surface area contributed by atoms with E-state index >= 15 is 0 Å². The van der Waals surface area contributed by atoms with Crippen molar-refractivity contribution in [1.82, 2.24) is 9.88 Å². The van der Waals surface area contributed by atoms with Crippen molar-refractivity contribution in [2.24, 2.45) is 0 Å². The van der Waals surface area contributed by atoms with E-state index in [-0.39, 0.29) is 5.97 Å². The highest BCUT2D eigenvalue weighted by Gasteiger charge is 2.26. The number of carbonyl (C=O) groups excluding carboxylic acids is 1. The minimum atomic E-state index is -0.332. The van der Waals surface area contributed by atoms with E-state index in [2.05, 4.69) is 70.1 Å². The number of hydrogen-bond donors (Lipinski definition) is 1. The summed E-state index contributed by atoms with van der Waals surface area (Å²) in [5.74, 6) is -0.332. The summed E-state index contributed by atoms with van der Waals surface area (Å²) in [6.07, 6.45) is 6.84. The molecule has 0 bridgehead atoms. The average molecular weight is 389 g/mol. The summed E-state index contributed by atoms with van der Waals surface area (Å²) in [5.41, 5.74) is 6.30. The fraction of sp³-hybridized carbons (Fsp3) is 0.320. The van der Waals surface area contributed by atoms with Crippen LogP contribution in [0.4, 0.5) is 0 Å². The standard InChI is InChI=1S/C25H28N2O2/c1-18-23(22-7-3-4-8-24(22)26-18)16-21-6-5-15-27(21)17-20-11-9-19(10-12-20)13-14-25(28)29-2/h3-4,7-14,21,26H,5-6,15-17H2,1-2H3/b14-13+/t21-/m1/s1. The van der Waals surface area contributed by atoms with Gasteiger partial charge in [-0.05, 0) is 61.6 Å². The van der Waals surface area contributed by atoms with Gasteiger partial charge in [0.2, 0.25) is 0 Å². The number of nitrogens with zero attached hydrogens (tertiary/aromatic N) is 1. The topological polar surface area (TPSA) is 45.3 Å². The van der Waals surface area contributed by atoms with Crippen molar-refractivity contribution in [3.05, 3.63) is 77.0 Å². The lowest BCUT2D eigenvalue weighted by molar-refractivity contribution is -0.134. The molecular weight excluding hydrogens is 360 g/mol. The van der Waals surface area contributed by atoms with E-state index in [1.54, 1.807) is 6.08 Å². The molecular formula is C25H28N2O2. The SMILES string of the molecule is COC(=O)/C=C/c1ccc(CN2CCC[C@@H]2Cc2c(C)[nH]c3ccccc23)cc1. The van der Waals surface area contributed by atoms with Crippen molar-refractivity contribution in [1.29, 1.82) is 0 Å². The van der Waals surface area contributed by atoms with Gasteiger partial charge in [-0.15, -0.1) is 0 Å². The first kappa shape index (κ1) is 19.5. The van der Waals surface area contributed by atoms with Crippen LogP contribution in [0.15, 0.2) is 54.6 Å². The van der Waals surface area contributed by atoms with Gasteiger partial charge in [0.15, 0.2) is 0 Å². The molecule has 4 heteroatoms. The van der Waals surface area contributed by atoms with E-state index < -0.39 is 0 Å². The minimum absolute atomic E-state index is 0.332. The highest BCUT2D eigenvalue weighted by atomic mass is 16.5. The lowest BCUT2D eigenvalue weighted by Crippen LogP contribution is -2.30. The molecule has 4 nitrogen and oxygen atoms in total. The summed E-state index contributed by atoms with van der Waals surface area (Å²) in [5, 5.41) is 1.36. The van der Waals surface area contributed by atoms with E-state index in [1.165, 1.54) is 53.8 Å². The first-order valence-corrected chi connectivity index (χ1v) is 10.3. The molecule has 0 amide bonds. The third kappa shape index (κ3) is 4.43. The normalized spacial score (nSPS) is 17.4. The average Bonchev–Trinajstić information content (AvgIpc) is 3.31. The predicted molar refractivity (Wildman–Crippen MR) is 118 cm³/mol. The second-order valence-electron chi connectivity index (χ2n) is 7.84. The van der Waals surface area contributed by atoms with Gasteiger partial charge in [-0.3, -0.25) is 4.90 Å². The minimum Gasteiger partial charge on any atom is -0.466 e. The number of esters is 1. The molecule has 0 unspecified atom stereocenters. The molecule has 3 aromatic rings. The number of rotatable bonds is 6. The summed E-state index contributed by atoms with van der Waals surface area (Å²) in [6.45, 7) is 4.30. The number of carbonyl (C=O) groups is 1. The van der Waals surface area contributed by atoms with E-state index in [0.29, 0.717) is 6.04 Å². The Labute approximate surface area is 172 Å². The predicted octanol–water partition coefficient (Wildman–Crippen LogP) is 4.87. The Hall–Kier alpha value is -2.85. The maximum Gasteiger partial charge on any atom is 0.330 e. The van der Waals surface area contributed by atoms with Gasteiger partial charge in [0, 0.05) is 35.3 Å². The Kier molecular flexibility index (Phi) is 5.81. The molecule has 1 aliphatic rings.